The Morgan fingerprint density at radius 1 is 1.16 bits per heavy atom. The zero-order chi connectivity index (χ0) is 21.4. The molecule has 0 spiro atoms. The third kappa shape index (κ3) is 2.77. The van der Waals surface area contributed by atoms with Crippen molar-refractivity contribution >= 4 is 52.6 Å². The molecule has 31 heavy (non-hydrogen) atoms. The van der Waals surface area contributed by atoms with Gasteiger partial charge in [0.15, 0.2) is 0 Å². The molecule has 4 aliphatic rings. The van der Waals surface area contributed by atoms with Gasteiger partial charge in [-0.3, -0.25) is 24.1 Å². The van der Waals surface area contributed by atoms with Crippen LogP contribution in [0.3, 0.4) is 0 Å². The van der Waals surface area contributed by atoms with E-state index in [1.807, 2.05) is 6.08 Å². The lowest BCUT2D eigenvalue weighted by Crippen LogP contribution is -2.39. The Bertz CT molecular complexity index is 1230. The molecule has 10 heteroatoms. The van der Waals surface area contributed by atoms with Gasteiger partial charge in [0.2, 0.25) is 17.7 Å². The summed E-state index contributed by atoms with van der Waals surface area (Å²) in [5, 5.41) is 3.52. The monoisotopic (exact) mass is 457 g/mol. The van der Waals surface area contributed by atoms with Crippen LogP contribution in [0.15, 0.2) is 39.7 Å². The van der Waals surface area contributed by atoms with E-state index in [9.17, 15) is 23.6 Å². The lowest BCUT2D eigenvalue weighted by molar-refractivity contribution is -0.143. The number of likely N-dealkylation sites (tertiary alicyclic amines) is 1. The molecule has 6 rings (SSSR count). The Hall–Kier alpha value is -2.72. The summed E-state index contributed by atoms with van der Waals surface area (Å²) in [5.74, 6) is -2.36. The first-order valence-corrected chi connectivity index (χ1v) is 11.6. The fourth-order valence-corrected chi connectivity index (χ4v) is 7.95. The summed E-state index contributed by atoms with van der Waals surface area (Å²) < 4.78 is 13.0. The molecular weight excluding hydrogens is 441 g/mol. The second-order valence-corrected chi connectivity index (χ2v) is 10.4. The van der Waals surface area contributed by atoms with Gasteiger partial charge in [0, 0.05) is 10.9 Å². The molecule has 158 valence electrons. The molecule has 2 N–H and O–H groups in total. The van der Waals surface area contributed by atoms with Crippen LogP contribution in [0.25, 0.3) is 6.08 Å². The highest BCUT2D eigenvalue weighted by Gasteiger charge is 2.66. The number of H-pyrrole nitrogens is 1. The highest BCUT2D eigenvalue weighted by Crippen LogP contribution is 2.64. The van der Waals surface area contributed by atoms with Crippen molar-refractivity contribution in [3.63, 3.8) is 0 Å². The zero-order valence-corrected chi connectivity index (χ0v) is 17.6. The van der Waals surface area contributed by atoms with Crippen molar-refractivity contribution in [1.82, 2.24) is 9.88 Å². The number of nitrogens with zero attached hydrogens (tertiary/aromatic N) is 1. The first kappa shape index (κ1) is 19.0. The molecule has 2 bridgehead atoms. The van der Waals surface area contributed by atoms with E-state index in [1.165, 1.54) is 24.3 Å². The number of aromatic nitrogens is 1. The second-order valence-electron chi connectivity index (χ2n) is 8.27. The van der Waals surface area contributed by atoms with Crippen molar-refractivity contribution in [3.05, 3.63) is 50.2 Å². The van der Waals surface area contributed by atoms with Crippen LogP contribution < -0.4 is 10.2 Å². The number of halogens is 1. The summed E-state index contributed by atoms with van der Waals surface area (Å²) in [6.07, 6.45) is 2.80. The van der Waals surface area contributed by atoms with Crippen LogP contribution in [-0.2, 0) is 14.4 Å². The number of amides is 3. The maximum atomic E-state index is 13.1. The van der Waals surface area contributed by atoms with Crippen molar-refractivity contribution in [1.29, 1.82) is 0 Å². The normalized spacial score (nSPS) is 30.2. The van der Waals surface area contributed by atoms with Crippen LogP contribution in [-0.4, -0.2) is 39.4 Å². The molecule has 7 nitrogen and oxygen atoms in total. The highest BCUT2D eigenvalue weighted by atomic mass is 32.2. The van der Waals surface area contributed by atoms with E-state index in [0.717, 1.165) is 38.1 Å². The van der Waals surface area contributed by atoms with E-state index in [2.05, 4.69) is 10.3 Å². The first-order valence-electron chi connectivity index (χ1n) is 9.92. The minimum Gasteiger partial charge on any atom is -0.325 e. The fourth-order valence-electron chi connectivity index (χ4n) is 5.51. The predicted octanol–water partition coefficient (Wildman–Crippen LogP) is 2.32. The van der Waals surface area contributed by atoms with Gasteiger partial charge in [-0.15, -0.1) is 0 Å². The molecule has 1 aromatic heterocycles. The molecule has 5 atom stereocenters. The van der Waals surface area contributed by atoms with Gasteiger partial charge in [-0.05, 0) is 48.6 Å². The number of nitrogens with one attached hydrogen (secondary N) is 2. The van der Waals surface area contributed by atoms with E-state index < -0.39 is 23.6 Å². The molecule has 2 saturated carbocycles. The van der Waals surface area contributed by atoms with Gasteiger partial charge in [-0.2, -0.15) is 0 Å². The molecule has 1 aromatic carbocycles. The topological polar surface area (TPSA) is 99.3 Å². The van der Waals surface area contributed by atoms with Gasteiger partial charge in [0.1, 0.15) is 12.4 Å². The number of rotatable bonds is 3. The van der Waals surface area contributed by atoms with E-state index in [-0.39, 0.29) is 40.3 Å². The van der Waals surface area contributed by atoms with Crippen molar-refractivity contribution in [2.75, 3.05) is 11.9 Å². The number of fused-ring (bicyclic) bond motifs is 9. The third-order valence-electron chi connectivity index (χ3n) is 6.67. The molecule has 0 radical (unpaired) electrons. The number of anilines is 1. The summed E-state index contributed by atoms with van der Waals surface area (Å²) in [6, 6.07) is 5.30. The molecule has 1 saturated heterocycles. The van der Waals surface area contributed by atoms with Crippen LogP contribution in [0.4, 0.5) is 10.1 Å². The van der Waals surface area contributed by atoms with Gasteiger partial charge in [-0.1, -0.05) is 28.7 Å². The molecule has 5 unspecified atom stereocenters. The number of thioether (sulfide) groups is 1. The van der Waals surface area contributed by atoms with E-state index in [1.54, 1.807) is 11.8 Å². The van der Waals surface area contributed by atoms with Crippen molar-refractivity contribution in [2.24, 2.45) is 23.7 Å². The number of hydrogen-bond acceptors (Lipinski definition) is 6. The minimum atomic E-state index is -0.494. The summed E-state index contributed by atoms with van der Waals surface area (Å²) in [4.78, 5) is 55.1. The Morgan fingerprint density at radius 2 is 1.90 bits per heavy atom. The zero-order valence-electron chi connectivity index (χ0n) is 16.0. The number of hydrogen-bond donors (Lipinski definition) is 2. The first-order chi connectivity index (χ1) is 14.9. The number of benzene rings is 1. The maximum absolute atomic E-state index is 13.1. The fraction of sp³-hybridized carbons (Fsp3) is 0.333. The van der Waals surface area contributed by atoms with Gasteiger partial charge in [0.25, 0.3) is 0 Å². The van der Waals surface area contributed by atoms with Crippen LogP contribution in [0.2, 0.25) is 0 Å². The number of carbonyl (C=O) groups excluding carboxylic acids is 3. The lowest BCUT2D eigenvalue weighted by Gasteiger charge is -2.32. The average Bonchev–Trinajstić information content (AvgIpc) is 3.45. The van der Waals surface area contributed by atoms with Crippen molar-refractivity contribution in [2.45, 2.75) is 16.7 Å². The Kier molecular flexibility index (Phi) is 4.07. The van der Waals surface area contributed by atoms with E-state index in [0.29, 0.717) is 5.69 Å². The molecule has 3 fully saturated rings. The molecule has 2 aliphatic heterocycles. The quantitative estimate of drug-likeness (QED) is 0.690. The minimum absolute atomic E-state index is 0.0180. The Labute approximate surface area is 183 Å². The maximum Gasteiger partial charge on any atom is 0.305 e. The van der Waals surface area contributed by atoms with Gasteiger partial charge in [0.05, 0.1) is 21.7 Å². The third-order valence-corrected chi connectivity index (χ3v) is 9.06. The van der Waals surface area contributed by atoms with Gasteiger partial charge in [-0.25, -0.2) is 4.39 Å². The SMILES string of the molecule is O=C(CN1C(=O)C2C3CC(C4Sc5[nH]c(=O)sc5C=C34)C2C1=O)Nc1ccc(F)cc1. The van der Waals surface area contributed by atoms with Crippen LogP contribution in [0.1, 0.15) is 11.3 Å². The predicted molar refractivity (Wildman–Crippen MR) is 113 cm³/mol. The van der Waals surface area contributed by atoms with E-state index in [4.69, 9.17) is 0 Å². The van der Waals surface area contributed by atoms with Crippen molar-refractivity contribution in [3.8, 4) is 0 Å². The van der Waals surface area contributed by atoms with Gasteiger partial charge < -0.3 is 10.3 Å². The van der Waals surface area contributed by atoms with Crippen LogP contribution in [0.5, 0.6) is 0 Å². The number of imide groups is 1. The Morgan fingerprint density at radius 3 is 2.68 bits per heavy atom. The van der Waals surface area contributed by atoms with Crippen LogP contribution >= 0.6 is 23.1 Å². The number of thiazole rings is 1. The summed E-state index contributed by atoms with van der Waals surface area (Å²) in [5.41, 5.74) is 1.54. The number of aromatic amines is 1. The van der Waals surface area contributed by atoms with Crippen molar-refractivity contribution < 1.29 is 18.8 Å². The Balaban J connectivity index is 1.23. The van der Waals surface area contributed by atoms with Crippen LogP contribution in [0, 0.1) is 29.5 Å². The standard InChI is InChI=1S/C21H16FN3O4S2/c22-8-1-3-9(4-2-8)23-14(26)7-25-19(27)15-10-5-12(16(15)20(25)28)17-11(10)6-13-18(31-17)24-21(29)30-13/h1-4,6,10,12,15-17H,5,7H2,(H,23,26)(H,24,29). The number of carbonyl (C=O) groups is 3. The molecule has 3 heterocycles. The molecule has 2 aromatic rings. The molecular formula is C21H16FN3O4S2. The lowest BCUT2D eigenvalue weighted by atomic mass is 9.77. The average molecular weight is 458 g/mol. The van der Waals surface area contributed by atoms with E-state index >= 15 is 0 Å². The second kappa shape index (κ2) is 6.64. The summed E-state index contributed by atoms with van der Waals surface area (Å²) >= 11 is 2.73. The smallest absolute Gasteiger partial charge is 0.305 e. The molecule has 2 aliphatic carbocycles. The summed E-state index contributed by atoms with van der Waals surface area (Å²) in [6.45, 7) is -0.348. The van der Waals surface area contributed by atoms with Gasteiger partial charge >= 0.3 is 4.87 Å². The molecule has 3 amide bonds. The summed E-state index contributed by atoms with van der Waals surface area (Å²) in [7, 11) is 0. The largest absolute Gasteiger partial charge is 0.325 e. The highest BCUT2D eigenvalue weighted by molar-refractivity contribution is 8.00.